The Balaban J connectivity index is 0.000000463. The smallest absolute Gasteiger partial charge is 0.542 e. The van der Waals surface area contributed by atoms with Gasteiger partial charge in [-0.05, 0) is 11.9 Å². The predicted molar refractivity (Wildman–Crippen MR) is 68.6 cm³/mol. The Morgan fingerprint density at radius 3 is 2.30 bits per heavy atom. The largest absolute Gasteiger partial charge is 0.673 e. The number of amides is 1. The number of carbonyl (C=O) groups excluding carboxylic acids is 1. The molecule has 1 aliphatic rings. The van der Waals surface area contributed by atoms with Crippen molar-refractivity contribution in [3.8, 4) is 0 Å². The fourth-order valence-corrected chi connectivity index (χ4v) is 1.62. The Morgan fingerprint density at radius 2 is 1.87 bits per heavy atom. The summed E-state index contributed by atoms with van der Waals surface area (Å²) in [6, 6.07) is 1.18. The third kappa shape index (κ3) is 4.67. The van der Waals surface area contributed by atoms with Gasteiger partial charge in [-0.1, -0.05) is 4.99 Å². The van der Waals surface area contributed by atoms with Crippen LogP contribution in [0.25, 0.3) is 5.53 Å². The molecule has 1 heterocycles. The summed E-state index contributed by atoms with van der Waals surface area (Å²) < 4.78 is 39.0. The summed E-state index contributed by atoms with van der Waals surface area (Å²) >= 11 is 0. The number of nitro groups is 1. The number of carbonyl (C=O) groups is 1. The topological polar surface area (TPSA) is 133 Å². The lowest BCUT2D eigenvalue weighted by atomic mass is 10.1. The van der Waals surface area contributed by atoms with Crippen LogP contribution in [-0.2, 0) is 4.79 Å². The normalized spacial score (nSPS) is 12.0. The van der Waals surface area contributed by atoms with Crippen molar-refractivity contribution >= 4 is 31.0 Å². The van der Waals surface area contributed by atoms with E-state index in [4.69, 9.17) is 5.53 Å². The number of anilines is 1. The van der Waals surface area contributed by atoms with E-state index in [1.165, 1.54) is 13.0 Å². The number of guanidine groups is 1. The number of fused-ring (bicyclic) bond motifs is 1. The van der Waals surface area contributed by atoms with E-state index in [2.05, 4.69) is 20.1 Å². The van der Waals surface area contributed by atoms with Crippen molar-refractivity contribution in [1.82, 2.24) is 0 Å². The van der Waals surface area contributed by atoms with Gasteiger partial charge in [-0.15, -0.1) is 0 Å². The zero-order valence-corrected chi connectivity index (χ0v) is 11.2. The second-order valence-corrected chi connectivity index (χ2v) is 3.90. The van der Waals surface area contributed by atoms with Crippen molar-refractivity contribution in [3.63, 3.8) is 0 Å². The molecule has 0 spiro atoms. The van der Waals surface area contributed by atoms with E-state index in [0.29, 0.717) is 6.41 Å². The number of halogens is 4. The lowest BCUT2D eigenvalue weighted by Crippen LogP contribution is -2.29. The molecular formula is C9H6BF4N6O3-. The fourth-order valence-electron chi connectivity index (χ4n) is 1.62. The first-order chi connectivity index (χ1) is 10.6. The van der Waals surface area contributed by atoms with Crippen LogP contribution in [0.1, 0.15) is 5.56 Å². The van der Waals surface area contributed by atoms with Crippen LogP contribution < -0.4 is 16.0 Å². The van der Waals surface area contributed by atoms with Crippen LogP contribution in [0, 0.1) is 17.0 Å². The average Bonchev–Trinajstić information content (AvgIpc) is 2.84. The fraction of sp³-hybridized carbons (Fsp3) is 0.111. The molecule has 0 saturated heterocycles. The maximum atomic E-state index is 10.9. The number of nitrogens with zero attached hydrogens (tertiary/aromatic N) is 5. The molecule has 1 aromatic rings. The minimum atomic E-state index is -6.00. The Morgan fingerprint density at radius 1 is 1.35 bits per heavy atom. The van der Waals surface area contributed by atoms with E-state index < -0.39 is 12.2 Å². The highest BCUT2D eigenvalue weighted by molar-refractivity contribution is 6.50. The van der Waals surface area contributed by atoms with Gasteiger partial charge in [-0.25, -0.2) is 0 Å². The molecule has 1 aliphatic heterocycles. The molecule has 0 aliphatic carbocycles. The first-order valence-corrected chi connectivity index (χ1v) is 5.63. The molecule has 1 aromatic carbocycles. The van der Waals surface area contributed by atoms with Gasteiger partial charge in [0, 0.05) is 6.07 Å². The Hall–Kier alpha value is -3.15. The number of rotatable bonds is 3. The molecule has 0 atom stereocenters. The van der Waals surface area contributed by atoms with Crippen LogP contribution in [0.3, 0.4) is 0 Å². The zero-order valence-electron chi connectivity index (χ0n) is 11.2. The van der Waals surface area contributed by atoms with Gasteiger partial charge in [-0.2, -0.15) is 0 Å². The van der Waals surface area contributed by atoms with Crippen LogP contribution in [0.2, 0.25) is 0 Å². The predicted octanol–water partition coefficient (Wildman–Crippen LogP) is 0.610. The number of benzene rings is 1. The van der Waals surface area contributed by atoms with E-state index in [1.807, 2.05) is 0 Å². The molecule has 0 fully saturated rings. The first-order valence-electron chi connectivity index (χ1n) is 5.63. The Kier molecular flexibility index (Phi) is 5.25. The summed E-state index contributed by atoms with van der Waals surface area (Å²) in [7, 11) is -6.00. The minimum Gasteiger partial charge on any atom is -0.542 e. The van der Waals surface area contributed by atoms with E-state index in [0.717, 1.165) is 0 Å². The highest BCUT2D eigenvalue weighted by atomic mass is 19.5. The van der Waals surface area contributed by atoms with Gasteiger partial charge in [0.1, 0.15) is 0 Å². The average molecular weight is 333 g/mol. The first kappa shape index (κ1) is 17.9. The molecule has 0 saturated carbocycles. The van der Waals surface area contributed by atoms with Crippen LogP contribution in [0.5, 0.6) is 0 Å². The molecule has 122 valence electrons. The van der Waals surface area contributed by atoms with E-state index in [9.17, 15) is 32.2 Å². The molecule has 0 unspecified atom stereocenters. The second-order valence-electron chi connectivity index (χ2n) is 3.90. The summed E-state index contributed by atoms with van der Waals surface area (Å²) in [5, 5.41) is 13.6. The molecule has 0 aromatic heterocycles. The van der Waals surface area contributed by atoms with Gasteiger partial charge in [0.25, 0.3) is 5.69 Å². The van der Waals surface area contributed by atoms with Gasteiger partial charge in [0.2, 0.25) is 11.8 Å². The summed E-state index contributed by atoms with van der Waals surface area (Å²) in [6.07, 6.45) is 0.373. The SMILES string of the molecule is Cc1c([N+](=O)[O-])cc(NC=O)c2c1=NC(=[N+]=[N-])N=2.F[B-](F)(F)F. The third-order valence-electron chi connectivity index (χ3n) is 2.42. The van der Waals surface area contributed by atoms with Crippen LogP contribution >= 0.6 is 0 Å². The maximum Gasteiger partial charge on any atom is 0.673 e. The highest BCUT2D eigenvalue weighted by Crippen LogP contribution is 2.16. The van der Waals surface area contributed by atoms with E-state index in [1.54, 1.807) is 0 Å². The molecule has 2 rings (SSSR count). The van der Waals surface area contributed by atoms with Gasteiger partial charge in [0.05, 0.1) is 16.2 Å². The Bertz CT molecular complexity index is 827. The van der Waals surface area contributed by atoms with Crippen molar-refractivity contribution in [2.75, 3.05) is 5.32 Å². The summed E-state index contributed by atoms with van der Waals surface area (Å²) in [5.41, 5.74) is 8.83. The van der Waals surface area contributed by atoms with Gasteiger partial charge < -0.3 is 32.9 Å². The lowest BCUT2D eigenvalue weighted by Gasteiger charge is -1.98. The van der Waals surface area contributed by atoms with Crippen molar-refractivity contribution < 1.29 is 31.8 Å². The number of nitrogens with one attached hydrogen (secondary N) is 1. The molecule has 1 N–H and O–H groups in total. The highest BCUT2D eigenvalue weighted by Gasteiger charge is 2.26. The summed E-state index contributed by atoms with van der Waals surface area (Å²) in [6.45, 7) is 1.50. The molecular weight excluding hydrogens is 327 g/mol. The standard InChI is InChI=1S/C9H6N6O3.BF4/c1-4-6(15(17)18)2-5(11-3-16)8-7(4)12-9(13-8)14-10;2-1(3,4)5/h2-3H,1H3,(H,11,16);/q;-1. The summed E-state index contributed by atoms with van der Waals surface area (Å²) in [4.78, 5) is 31.2. The minimum absolute atomic E-state index is 0.139. The van der Waals surface area contributed by atoms with Crippen molar-refractivity contribution in [2.24, 2.45) is 9.98 Å². The van der Waals surface area contributed by atoms with Gasteiger partial charge >= 0.3 is 13.2 Å². The quantitative estimate of drug-likeness (QED) is 0.165. The van der Waals surface area contributed by atoms with Gasteiger partial charge in [0.15, 0.2) is 5.36 Å². The molecule has 14 heteroatoms. The van der Waals surface area contributed by atoms with Crippen molar-refractivity contribution in [1.29, 1.82) is 0 Å². The van der Waals surface area contributed by atoms with E-state index in [-0.39, 0.29) is 33.6 Å². The van der Waals surface area contributed by atoms with Gasteiger partial charge in [-0.3, -0.25) is 14.9 Å². The molecule has 23 heavy (non-hydrogen) atoms. The summed E-state index contributed by atoms with van der Waals surface area (Å²) in [5.74, 6) is -0.220. The number of hydrogen-bond donors (Lipinski definition) is 1. The van der Waals surface area contributed by atoms with E-state index >= 15 is 0 Å². The third-order valence-corrected chi connectivity index (χ3v) is 2.42. The van der Waals surface area contributed by atoms with Crippen LogP contribution in [0.4, 0.5) is 28.6 Å². The number of hydrogen-bond acceptors (Lipinski definition) is 3. The Labute approximate surface area is 124 Å². The van der Waals surface area contributed by atoms with Crippen molar-refractivity contribution in [2.45, 2.75) is 6.92 Å². The molecule has 0 bridgehead atoms. The van der Waals surface area contributed by atoms with Crippen LogP contribution in [-0.4, -0.2) is 29.3 Å². The molecule has 9 nitrogen and oxygen atoms in total. The zero-order chi connectivity index (χ0) is 17.8. The lowest BCUT2D eigenvalue weighted by molar-refractivity contribution is -0.385. The monoisotopic (exact) mass is 333 g/mol. The molecule has 1 amide bonds. The maximum absolute atomic E-state index is 10.9. The van der Waals surface area contributed by atoms with Crippen molar-refractivity contribution in [3.05, 3.63) is 38.0 Å². The second kappa shape index (κ2) is 6.74. The number of nitro benzene ring substituents is 1. The molecule has 0 radical (unpaired) electrons. The van der Waals surface area contributed by atoms with Crippen LogP contribution in [0.15, 0.2) is 16.1 Å².